The smallest absolute Gasteiger partial charge is 0.404 e. The fraction of sp³-hybridized carbons (Fsp3) is 0.462. The molecule has 1 aromatic carbocycles. The van der Waals surface area contributed by atoms with Gasteiger partial charge in [-0.05, 0) is 25.1 Å². The second-order valence-electron chi connectivity index (χ2n) is 4.84. The summed E-state index contributed by atoms with van der Waals surface area (Å²) < 4.78 is 44.5. The SMILES string of the molecule is COc1ccc(NC(=O)C2(C(F)(F)F)CCNC2)c(O)c1. The first kappa shape index (κ1) is 15.4. The van der Waals surface area contributed by atoms with E-state index in [9.17, 15) is 23.1 Å². The highest BCUT2D eigenvalue weighted by molar-refractivity contribution is 5.97. The van der Waals surface area contributed by atoms with Gasteiger partial charge in [0.25, 0.3) is 0 Å². The van der Waals surface area contributed by atoms with E-state index in [1.54, 1.807) is 0 Å². The summed E-state index contributed by atoms with van der Waals surface area (Å²) in [6.45, 7) is -0.360. The van der Waals surface area contributed by atoms with Crippen LogP contribution in [0, 0.1) is 5.41 Å². The number of phenolic OH excluding ortho intramolecular Hbond substituents is 1. The molecule has 3 N–H and O–H groups in total. The van der Waals surface area contributed by atoms with Crippen LogP contribution in [0.15, 0.2) is 18.2 Å². The van der Waals surface area contributed by atoms with Crippen LogP contribution in [0.5, 0.6) is 11.5 Å². The molecule has 5 nitrogen and oxygen atoms in total. The van der Waals surface area contributed by atoms with Crippen LogP contribution in [-0.4, -0.2) is 37.4 Å². The van der Waals surface area contributed by atoms with Crippen molar-refractivity contribution in [2.75, 3.05) is 25.5 Å². The lowest BCUT2D eigenvalue weighted by Crippen LogP contribution is -2.49. The van der Waals surface area contributed by atoms with Crippen molar-refractivity contribution in [3.05, 3.63) is 18.2 Å². The van der Waals surface area contributed by atoms with E-state index in [1.165, 1.54) is 25.3 Å². The molecule has 8 heteroatoms. The monoisotopic (exact) mass is 304 g/mol. The van der Waals surface area contributed by atoms with E-state index in [2.05, 4.69) is 10.6 Å². The van der Waals surface area contributed by atoms with Gasteiger partial charge in [0.2, 0.25) is 5.91 Å². The first-order valence-corrected chi connectivity index (χ1v) is 6.26. The highest BCUT2D eigenvalue weighted by atomic mass is 19.4. The van der Waals surface area contributed by atoms with Gasteiger partial charge in [0.15, 0.2) is 5.41 Å². The van der Waals surface area contributed by atoms with Crippen molar-refractivity contribution in [1.29, 1.82) is 0 Å². The number of carbonyl (C=O) groups excluding carboxylic acids is 1. The minimum absolute atomic E-state index is 0.0867. The maximum atomic E-state index is 13.2. The van der Waals surface area contributed by atoms with Crippen LogP contribution < -0.4 is 15.4 Å². The fourth-order valence-corrected chi connectivity index (χ4v) is 2.24. The van der Waals surface area contributed by atoms with Crippen molar-refractivity contribution in [3.63, 3.8) is 0 Å². The minimum atomic E-state index is -4.66. The summed E-state index contributed by atoms with van der Waals surface area (Å²) in [5, 5.41) is 14.4. The first-order valence-electron chi connectivity index (χ1n) is 6.26. The number of nitrogens with one attached hydrogen (secondary N) is 2. The third kappa shape index (κ3) is 2.76. The largest absolute Gasteiger partial charge is 0.506 e. The van der Waals surface area contributed by atoms with Gasteiger partial charge < -0.3 is 20.5 Å². The Morgan fingerprint density at radius 3 is 2.67 bits per heavy atom. The molecule has 0 saturated carbocycles. The van der Waals surface area contributed by atoms with E-state index in [1.807, 2.05) is 0 Å². The second-order valence-corrected chi connectivity index (χ2v) is 4.84. The third-order valence-electron chi connectivity index (χ3n) is 3.59. The quantitative estimate of drug-likeness (QED) is 0.746. The Morgan fingerprint density at radius 1 is 1.48 bits per heavy atom. The van der Waals surface area contributed by atoms with E-state index in [-0.39, 0.29) is 24.4 Å². The Kier molecular flexibility index (Phi) is 3.99. The van der Waals surface area contributed by atoms with Crippen molar-refractivity contribution in [3.8, 4) is 11.5 Å². The summed E-state index contributed by atoms with van der Waals surface area (Å²) in [6.07, 6.45) is -5.00. The molecule has 116 valence electrons. The van der Waals surface area contributed by atoms with Crippen LogP contribution in [0.4, 0.5) is 18.9 Å². The van der Waals surface area contributed by atoms with Crippen molar-refractivity contribution in [1.82, 2.24) is 5.32 Å². The maximum absolute atomic E-state index is 13.2. The molecule has 2 rings (SSSR count). The molecule has 1 heterocycles. The van der Waals surface area contributed by atoms with Crippen LogP contribution in [0.2, 0.25) is 0 Å². The molecule has 0 radical (unpaired) electrons. The number of halogens is 3. The Morgan fingerprint density at radius 2 is 2.19 bits per heavy atom. The molecule has 1 aliphatic heterocycles. The molecule has 1 saturated heterocycles. The molecule has 1 atom stereocenters. The van der Waals surface area contributed by atoms with Gasteiger partial charge in [0, 0.05) is 12.6 Å². The van der Waals surface area contributed by atoms with Crippen LogP contribution in [0.1, 0.15) is 6.42 Å². The van der Waals surface area contributed by atoms with Crippen LogP contribution in [0.25, 0.3) is 0 Å². The van der Waals surface area contributed by atoms with Gasteiger partial charge in [-0.25, -0.2) is 0 Å². The number of ether oxygens (including phenoxy) is 1. The zero-order valence-electron chi connectivity index (χ0n) is 11.3. The maximum Gasteiger partial charge on any atom is 0.404 e. The van der Waals surface area contributed by atoms with Crippen molar-refractivity contribution < 1.29 is 27.8 Å². The molecule has 0 aromatic heterocycles. The highest BCUT2D eigenvalue weighted by Gasteiger charge is 2.61. The van der Waals surface area contributed by atoms with E-state index >= 15 is 0 Å². The normalized spacial score (nSPS) is 22.1. The number of hydrogen-bond acceptors (Lipinski definition) is 4. The molecule has 0 bridgehead atoms. The number of amides is 1. The molecule has 21 heavy (non-hydrogen) atoms. The van der Waals surface area contributed by atoms with Gasteiger partial charge in [0.1, 0.15) is 11.5 Å². The third-order valence-corrected chi connectivity index (χ3v) is 3.59. The fourth-order valence-electron chi connectivity index (χ4n) is 2.24. The van der Waals surface area contributed by atoms with Crippen molar-refractivity contribution in [2.24, 2.45) is 5.41 Å². The summed E-state index contributed by atoms with van der Waals surface area (Å²) in [7, 11) is 1.38. The lowest BCUT2D eigenvalue weighted by molar-refractivity contribution is -0.213. The summed E-state index contributed by atoms with van der Waals surface area (Å²) in [6, 6.07) is 3.93. The molecule has 1 aliphatic rings. The topological polar surface area (TPSA) is 70.6 Å². The number of hydrogen-bond donors (Lipinski definition) is 3. The molecule has 1 unspecified atom stereocenters. The Hall–Kier alpha value is -1.96. The van der Waals surface area contributed by atoms with E-state index in [0.29, 0.717) is 5.75 Å². The van der Waals surface area contributed by atoms with Gasteiger partial charge in [-0.2, -0.15) is 13.2 Å². The zero-order valence-corrected chi connectivity index (χ0v) is 11.3. The summed E-state index contributed by atoms with van der Waals surface area (Å²) >= 11 is 0. The van der Waals surface area contributed by atoms with Gasteiger partial charge in [-0.1, -0.05) is 0 Å². The molecule has 1 amide bonds. The summed E-state index contributed by atoms with van der Waals surface area (Å²) in [5.74, 6) is -1.20. The molecular weight excluding hydrogens is 289 g/mol. The van der Waals surface area contributed by atoms with E-state index in [4.69, 9.17) is 4.74 Å². The average Bonchev–Trinajstić information content (AvgIpc) is 2.91. The minimum Gasteiger partial charge on any atom is -0.506 e. The second kappa shape index (κ2) is 5.44. The number of aromatic hydroxyl groups is 1. The lowest BCUT2D eigenvalue weighted by Gasteiger charge is -2.29. The number of phenols is 1. The van der Waals surface area contributed by atoms with Gasteiger partial charge in [0.05, 0.1) is 12.8 Å². The molecule has 1 aromatic rings. The van der Waals surface area contributed by atoms with Gasteiger partial charge in [-0.3, -0.25) is 4.79 Å². The number of methoxy groups -OCH3 is 1. The Balaban J connectivity index is 2.24. The van der Waals surface area contributed by atoms with E-state index < -0.39 is 24.0 Å². The number of anilines is 1. The average molecular weight is 304 g/mol. The number of benzene rings is 1. The van der Waals surface area contributed by atoms with Crippen LogP contribution in [0.3, 0.4) is 0 Å². The highest BCUT2D eigenvalue weighted by Crippen LogP contribution is 2.44. The number of rotatable bonds is 3. The van der Waals surface area contributed by atoms with Crippen molar-refractivity contribution in [2.45, 2.75) is 12.6 Å². The van der Waals surface area contributed by atoms with Gasteiger partial charge >= 0.3 is 6.18 Å². The van der Waals surface area contributed by atoms with Crippen molar-refractivity contribution >= 4 is 11.6 Å². The van der Waals surface area contributed by atoms with E-state index in [0.717, 1.165) is 0 Å². The summed E-state index contributed by atoms with van der Waals surface area (Å²) in [5.41, 5.74) is -2.56. The lowest BCUT2D eigenvalue weighted by atomic mass is 9.85. The first-order chi connectivity index (χ1) is 9.80. The van der Waals surface area contributed by atoms with Crippen LogP contribution >= 0.6 is 0 Å². The number of carbonyl (C=O) groups is 1. The zero-order chi connectivity index (χ0) is 15.7. The Bertz CT molecular complexity index is 540. The Labute approximate surface area is 119 Å². The standard InChI is InChI=1S/C13H15F3N2O3/c1-21-8-2-3-9(10(19)6-8)18-11(20)12(13(14,15)16)4-5-17-7-12/h2-3,6,17,19H,4-5,7H2,1H3,(H,18,20). The molecule has 0 spiro atoms. The number of alkyl halides is 3. The predicted molar refractivity (Wildman–Crippen MR) is 69.3 cm³/mol. The summed E-state index contributed by atoms with van der Waals surface area (Å²) in [4.78, 5) is 12.1. The molecular formula is C13H15F3N2O3. The van der Waals surface area contributed by atoms with Crippen LogP contribution in [-0.2, 0) is 4.79 Å². The van der Waals surface area contributed by atoms with Gasteiger partial charge in [-0.15, -0.1) is 0 Å². The molecule has 1 fully saturated rings. The molecule has 0 aliphatic carbocycles. The predicted octanol–water partition coefficient (Wildman–Crippen LogP) is 1.88.